The molecule has 1 aliphatic rings. The highest BCUT2D eigenvalue weighted by molar-refractivity contribution is 5.92. The third-order valence-corrected chi connectivity index (χ3v) is 5.08. The standard InChI is InChI=1S/C20H31N3O/c1-6-20(7-2)17(12-21)18(16-10-8-15(5)9-11-16)22-23(19(20)24)13-14(3)4/h8-11,14,22H,6-7,12-13,21H2,1-5H3. The monoisotopic (exact) mass is 329 g/mol. The molecule has 3 N–H and O–H groups in total. The summed E-state index contributed by atoms with van der Waals surface area (Å²) in [7, 11) is 0. The van der Waals surface area contributed by atoms with Crippen molar-refractivity contribution in [2.75, 3.05) is 13.1 Å². The largest absolute Gasteiger partial charge is 0.327 e. The second-order valence-electron chi connectivity index (χ2n) is 7.13. The number of nitrogens with two attached hydrogens (primary N) is 1. The van der Waals surface area contributed by atoms with Crippen LogP contribution in [0.15, 0.2) is 29.8 Å². The van der Waals surface area contributed by atoms with E-state index in [1.54, 1.807) is 5.01 Å². The lowest BCUT2D eigenvalue weighted by Gasteiger charge is -2.45. The van der Waals surface area contributed by atoms with Gasteiger partial charge in [-0.3, -0.25) is 15.2 Å². The van der Waals surface area contributed by atoms with E-state index in [4.69, 9.17) is 5.73 Å². The molecule has 1 aromatic carbocycles. The third kappa shape index (κ3) is 3.20. The first-order chi connectivity index (χ1) is 11.4. The smallest absolute Gasteiger partial charge is 0.251 e. The van der Waals surface area contributed by atoms with Crippen molar-refractivity contribution in [2.45, 2.75) is 47.5 Å². The van der Waals surface area contributed by atoms with Gasteiger partial charge in [0.25, 0.3) is 5.91 Å². The van der Waals surface area contributed by atoms with Crippen molar-refractivity contribution < 1.29 is 4.79 Å². The van der Waals surface area contributed by atoms with Crippen molar-refractivity contribution in [3.05, 3.63) is 41.0 Å². The molecule has 0 aromatic heterocycles. The number of nitrogens with one attached hydrogen (secondary N) is 1. The molecular weight excluding hydrogens is 298 g/mol. The van der Waals surface area contributed by atoms with Gasteiger partial charge in [-0.15, -0.1) is 0 Å². The lowest BCUT2D eigenvalue weighted by atomic mass is 9.71. The van der Waals surface area contributed by atoms with Gasteiger partial charge < -0.3 is 5.73 Å². The molecule has 0 unspecified atom stereocenters. The van der Waals surface area contributed by atoms with E-state index in [1.165, 1.54) is 5.56 Å². The van der Waals surface area contributed by atoms with Gasteiger partial charge >= 0.3 is 0 Å². The van der Waals surface area contributed by atoms with E-state index < -0.39 is 5.41 Å². The van der Waals surface area contributed by atoms with E-state index in [2.05, 4.69) is 64.3 Å². The molecule has 1 amide bonds. The lowest BCUT2D eigenvalue weighted by molar-refractivity contribution is -0.144. The Labute approximate surface area is 146 Å². The summed E-state index contributed by atoms with van der Waals surface area (Å²) in [5.41, 5.74) is 13.3. The van der Waals surface area contributed by atoms with Crippen molar-refractivity contribution in [2.24, 2.45) is 17.1 Å². The summed E-state index contributed by atoms with van der Waals surface area (Å²) in [5, 5.41) is 1.80. The molecule has 0 bridgehead atoms. The fraction of sp³-hybridized carbons (Fsp3) is 0.550. The normalized spacial score (nSPS) is 17.5. The predicted molar refractivity (Wildman–Crippen MR) is 99.9 cm³/mol. The molecule has 1 heterocycles. The Hall–Kier alpha value is -1.81. The second-order valence-corrected chi connectivity index (χ2v) is 7.13. The van der Waals surface area contributed by atoms with Gasteiger partial charge in [0, 0.05) is 13.1 Å². The van der Waals surface area contributed by atoms with Crippen molar-refractivity contribution in [3.8, 4) is 0 Å². The minimum absolute atomic E-state index is 0.150. The molecule has 1 aromatic rings. The van der Waals surface area contributed by atoms with E-state index in [-0.39, 0.29) is 5.91 Å². The summed E-state index contributed by atoms with van der Waals surface area (Å²) >= 11 is 0. The molecule has 24 heavy (non-hydrogen) atoms. The van der Waals surface area contributed by atoms with Crippen LogP contribution in [0.25, 0.3) is 5.70 Å². The molecule has 132 valence electrons. The van der Waals surface area contributed by atoms with Gasteiger partial charge in [0.15, 0.2) is 0 Å². The first kappa shape index (κ1) is 18.5. The van der Waals surface area contributed by atoms with E-state index in [0.29, 0.717) is 19.0 Å². The summed E-state index contributed by atoms with van der Waals surface area (Å²) in [6.45, 7) is 11.6. The van der Waals surface area contributed by atoms with Gasteiger partial charge in [-0.25, -0.2) is 0 Å². The van der Waals surface area contributed by atoms with Crippen LogP contribution in [0, 0.1) is 18.3 Å². The number of hydrazine groups is 1. The quantitative estimate of drug-likeness (QED) is 0.840. The Kier molecular flexibility index (Phi) is 5.70. The Morgan fingerprint density at radius 3 is 2.21 bits per heavy atom. The Balaban J connectivity index is 2.61. The van der Waals surface area contributed by atoms with Gasteiger partial charge in [-0.1, -0.05) is 57.5 Å². The minimum Gasteiger partial charge on any atom is -0.327 e. The summed E-state index contributed by atoms with van der Waals surface area (Å²) in [5.74, 6) is 0.545. The van der Waals surface area contributed by atoms with Crippen molar-refractivity contribution in [1.82, 2.24) is 10.4 Å². The van der Waals surface area contributed by atoms with Crippen molar-refractivity contribution in [3.63, 3.8) is 0 Å². The number of rotatable bonds is 6. The number of hydrogen-bond donors (Lipinski definition) is 2. The van der Waals surface area contributed by atoms with Crippen LogP contribution in [0.2, 0.25) is 0 Å². The maximum absolute atomic E-state index is 13.2. The Bertz CT molecular complexity index is 612. The lowest BCUT2D eigenvalue weighted by Crippen LogP contribution is -2.57. The van der Waals surface area contributed by atoms with Crippen LogP contribution in [-0.2, 0) is 4.79 Å². The maximum atomic E-state index is 13.2. The fourth-order valence-electron chi connectivity index (χ4n) is 3.61. The average molecular weight is 329 g/mol. The average Bonchev–Trinajstić information content (AvgIpc) is 2.57. The van der Waals surface area contributed by atoms with E-state index >= 15 is 0 Å². The highest BCUT2D eigenvalue weighted by Gasteiger charge is 2.46. The summed E-state index contributed by atoms with van der Waals surface area (Å²) in [6.07, 6.45) is 1.53. The first-order valence-corrected chi connectivity index (χ1v) is 8.99. The third-order valence-electron chi connectivity index (χ3n) is 5.08. The molecule has 4 heteroatoms. The molecule has 4 nitrogen and oxygen atoms in total. The molecule has 0 atom stereocenters. The molecule has 0 spiro atoms. The number of carbonyl (C=O) groups excluding carboxylic acids is 1. The molecule has 0 fully saturated rings. The molecule has 2 rings (SSSR count). The maximum Gasteiger partial charge on any atom is 0.251 e. The second kappa shape index (κ2) is 7.39. The van der Waals surface area contributed by atoms with E-state index in [0.717, 1.165) is 29.7 Å². The molecular formula is C20H31N3O. The molecule has 1 aliphatic heterocycles. The fourth-order valence-corrected chi connectivity index (χ4v) is 3.61. The van der Waals surface area contributed by atoms with Gasteiger partial charge in [-0.05, 0) is 36.8 Å². The van der Waals surface area contributed by atoms with Gasteiger partial charge in [-0.2, -0.15) is 0 Å². The van der Waals surface area contributed by atoms with Crippen molar-refractivity contribution in [1.29, 1.82) is 0 Å². The summed E-state index contributed by atoms with van der Waals surface area (Å²) < 4.78 is 0. The number of nitrogens with zero attached hydrogens (tertiary/aromatic N) is 1. The van der Waals surface area contributed by atoms with E-state index in [9.17, 15) is 4.79 Å². The SMILES string of the molecule is CCC1(CC)C(=O)N(CC(C)C)NC(c2ccc(C)cc2)=C1CN. The van der Waals surface area contributed by atoms with Crippen LogP contribution >= 0.6 is 0 Å². The number of carbonyl (C=O) groups is 1. The molecule has 0 saturated carbocycles. The molecule has 0 aliphatic carbocycles. The number of benzene rings is 1. The first-order valence-electron chi connectivity index (χ1n) is 8.99. The van der Waals surface area contributed by atoms with E-state index in [1.807, 2.05) is 0 Å². The van der Waals surface area contributed by atoms with Gasteiger partial charge in [0.2, 0.25) is 0 Å². The highest BCUT2D eigenvalue weighted by Crippen LogP contribution is 2.42. The van der Waals surface area contributed by atoms with Crippen LogP contribution in [-0.4, -0.2) is 24.0 Å². The van der Waals surface area contributed by atoms with Crippen LogP contribution in [0.1, 0.15) is 51.7 Å². The van der Waals surface area contributed by atoms with Crippen molar-refractivity contribution >= 4 is 11.6 Å². The van der Waals surface area contributed by atoms with Crippen LogP contribution in [0.5, 0.6) is 0 Å². The number of aryl methyl sites for hydroxylation is 1. The number of amides is 1. The Morgan fingerprint density at radius 2 is 1.75 bits per heavy atom. The molecule has 0 saturated heterocycles. The zero-order valence-electron chi connectivity index (χ0n) is 15.6. The van der Waals surface area contributed by atoms with Gasteiger partial charge in [0.05, 0.1) is 11.1 Å². The zero-order chi connectivity index (χ0) is 17.9. The Morgan fingerprint density at radius 1 is 1.17 bits per heavy atom. The van der Waals surface area contributed by atoms with Crippen LogP contribution in [0.3, 0.4) is 0 Å². The summed E-state index contributed by atoms with van der Waals surface area (Å²) in [4.78, 5) is 13.2. The topological polar surface area (TPSA) is 58.4 Å². The van der Waals surface area contributed by atoms with Crippen LogP contribution < -0.4 is 11.2 Å². The zero-order valence-corrected chi connectivity index (χ0v) is 15.6. The highest BCUT2D eigenvalue weighted by atomic mass is 16.2. The number of hydrogen-bond acceptors (Lipinski definition) is 3. The summed E-state index contributed by atoms with van der Waals surface area (Å²) in [6, 6.07) is 8.40. The predicted octanol–water partition coefficient (Wildman–Crippen LogP) is 3.47. The molecule has 0 radical (unpaired) electrons. The minimum atomic E-state index is -0.505. The van der Waals surface area contributed by atoms with Crippen LogP contribution in [0.4, 0.5) is 0 Å². The van der Waals surface area contributed by atoms with Gasteiger partial charge in [0.1, 0.15) is 0 Å².